The molecule has 1 amide bonds. The van der Waals surface area contributed by atoms with Crippen molar-refractivity contribution in [2.45, 2.75) is 6.92 Å². The molecule has 1 aliphatic rings. The van der Waals surface area contributed by atoms with E-state index in [9.17, 15) is 13.2 Å². The van der Waals surface area contributed by atoms with Crippen LogP contribution in [0.25, 0.3) is 22.6 Å². The van der Waals surface area contributed by atoms with Gasteiger partial charge in [0.05, 0.1) is 29.2 Å². The topological polar surface area (TPSA) is 110 Å². The fraction of sp³-hybridized carbons (Fsp3) is 0.353. The van der Waals surface area contributed by atoms with E-state index in [2.05, 4.69) is 10.1 Å². The number of hydrogen-bond acceptors (Lipinski definition) is 7. The zero-order valence-corrected chi connectivity index (χ0v) is 15.7. The molecule has 3 aromatic rings. The van der Waals surface area contributed by atoms with Crippen LogP contribution < -0.4 is 0 Å². The smallest absolute Gasteiger partial charge is 0.259 e. The van der Waals surface area contributed by atoms with Crippen LogP contribution in [0.2, 0.25) is 0 Å². The van der Waals surface area contributed by atoms with Crippen LogP contribution in [0.1, 0.15) is 16.1 Å². The molecule has 0 saturated carbocycles. The number of nitrogens with zero attached hydrogens (tertiary/aromatic N) is 4. The van der Waals surface area contributed by atoms with Gasteiger partial charge in [0, 0.05) is 26.2 Å². The lowest BCUT2D eigenvalue weighted by molar-refractivity contribution is 0.0700. The molecular formula is C17H18N4O5S. The van der Waals surface area contributed by atoms with Crippen molar-refractivity contribution in [1.82, 2.24) is 19.3 Å². The predicted molar refractivity (Wildman–Crippen MR) is 96.6 cm³/mol. The lowest BCUT2D eigenvalue weighted by Gasteiger charge is -2.33. The van der Waals surface area contributed by atoms with Gasteiger partial charge in [0.2, 0.25) is 10.0 Å². The van der Waals surface area contributed by atoms with E-state index in [1.807, 2.05) is 0 Å². The van der Waals surface area contributed by atoms with Gasteiger partial charge in [0.25, 0.3) is 11.6 Å². The lowest BCUT2D eigenvalue weighted by Crippen LogP contribution is -2.50. The van der Waals surface area contributed by atoms with Gasteiger partial charge in [0.1, 0.15) is 5.69 Å². The van der Waals surface area contributed by atoms with Crippen LogP contribution in [0.15, 0.2) is 33.4 Å². The first-order valence-electron chi connectivity index (χ1n) is 8.40. The molecule has 0 spiro atoms. The first kappa shape index (κ1) is 17.7. The highest BCUT2D eigenvalue weighted by Gasteiger charge is 2.29. The van der Waals surface area contributed by atoms with Crippen LogP contribution in [0, 0.1) is 6.92 Å². The maximum Gasteiger partial charge on any atom is 0.259 e. The number of carbonyl (C=O) groups is 1. The summed E-state index contributed by atoms with van der Waals surface area (Å²) in [7, 11) is -3.26. The van der Waals surface area contributed by atoms with Crippen LogP contribution in [0.5, 0.6) is 0 Å². The second-order valence-corrected chi connectivity index (χ2v) is 8.42. The Labute approximate surface area is 155 Å². The molecule has 0 atom stereocenters. The summed E-state index contributed by atoms with van der Waals surface area (Å²) in [6, 6.07) is 5.14. The second-order valence-electron chi connectivity index (χ2n) is 6.43. The number of hydrogen-bond donors (Lipinski definition) is 0. The van der Waals surface area contributed by atoms with Gasteiger partial charge in [-0.2, -0.15) is 4.31 Å². The molecule has 0 radical (unpaired) electrons. The van der Waals surface area contributed by atoms with Gasteiger partial charge in [-0.1, -0.05) is 5.16 Å². The van der Waals surface area contributed by atoms with Gasteiger partial charge in [-0.25, -0.2) is 13.4 Å². The maximum atomic E-state index is 13.2. The Kier molecular flexibility index (Phi) is 4.23. The second kappa shape index (κ2) is 6.46. The molecule has 0 aliphatic carbocycles. The zero-order chi connectivity index (χ0) is 19.2. The fourth-order valence-electron chi connectivity index (χ4n) is 3.21. The molecule has 1 saturated heterocycles. The van der Waals surface area contributed by atoms with Crippen LogP contribution in [-0.4, -0.2) is 66.1 Å². The molecular weight excluding hydrogens is 372 g/mol. The normalized spacial score (nSPS) is 16.1. The number of aryl methyl sites for hydroxylation is 1. The van der Waals surface area contributed by atoms with Crippen LogP contribution in [0.4, 0.5) is 0 Å². The molecule has 1 aliphatic heterocycles. The maximum absolute atomic E-state index is 13.2. The highest BCUT2D eigenvalue weighted by molar-refractivity contribution is 7.88. The van der Waals surface area contributed by atoms with E-state index in [0.29, 0.717) is 41.2 Å². The van der Waals surface area contributed by atoms with E-state index < -0.39 is 10.0 Å². The summed E-state index contributed by atoms with van der Waals surface area (Å²) in [5.74, 6) is 0.302. The summed E-state index contributed by atoms with van der Waals surface area (Å²) in [5.41, 5.74) is 1.72. The molecule has 4 heterocycles. The van der Waals surface area contributed by atoms with E-state index >= 15 is 0 Å². The van der Waals surface area contributed by atoms with Crippen molar-refractivity contribution in [3.63, 3.8) is 0 Å². The van der Waals surface area contributed by atoms with E-state index in [1.165, 1.54) is 16.8 Å². The van der Waals surface area contributed by atoms with Crippen LogP contribution in [0.3, 0.4) is 0 Å². The van der Waals surface area contributed by atoms with Gasteiger partial charge < -0.3 is 13.8 Å². The van der Waals surface area contributed by atoms with Gasteiger partial charge in [-0.15, -0.1) is 0 Å². The highest BCUT2D eigenvalue weighted by atomic mass is 32.2. The molecule has 10 heteroatoms. The summed E-state index contributed by atoms with van der Waals surface area (Å²) in [6.45, 7) is 2.92. The largest absolute Gasteiger partial charge is 0.463 e. The molecule has 1 fully saturated rings. The Balaban J connectivity index is 1.70. The van der Waals surface area contributed by atoms with E-state index in [4.69, 9.17) is 8.94 Å². The number of furan rings is 1. The minimum atomic E-state index is -3.26. The molecule has 27 heavy (non-hydrogen) atoms. The van der Waals surface area contributed by atoms with E-state index in [0.717, 1.165) is 0 Å². The lowest BCUT2D eigenvalue weighted by atomic mass is 10.1. The number of fused-ring (bicyclic) bond motifs is 1. The summed E-state index contributed by atoms with van der Waals surface area (Å²) in [5, 5.41) is 4.48. The Bertz CT molecular complexity index is 1100. The predicted octanol–water partition coefficient (Wildman–Crippen LogP) is 1.51. The Morgan fingerprint density at radius 2 is 1.96 bits per heavy atom. The van der Waals surface area contributed by atoms with Crippen molar-refractivity contribution in [1.29, 1.82) is 0 Å². The number of carbonyl (C=O) groups excluding carboxylic acids is 1. The van der Waals surface area contributed by atoms with E-state index in [-0.39, 0.29) is 24.7 Å². The Morgan fingerprint density at radius 1 is 1.22 bits per heavy atom. The van der Waals surface area contributed by atoms with Crippen molar-refractivity contribution in [2.75, 3.05) is 32.4 Å². The number of pyridine rings is 1. The van der Waals surface area contributed by atoms with Crippen LogP contribution >= 0.6 is 0 Å². The summed E-state index contributed by atoms with van der Waals surface area (Å²) in [4.78, 5) is 19.2. The van der Waals surface area contributed by atoms with Crippen molar-refractivity contribution in [3.05, 3.63) is 35.7 Å². The fourth-order valence-corrected chi connectivity index (χ4v) is 4.03. The molecule has 0 unspecified atom stereocenters. The molecule has 4 rings (SSSR count). The number of amides is 1. The van der Waals surface area contributed by atoms with Crippen molar-refractivity contribution < 1.29 is 22.2 Å². The summed E-state index contributed by atoms with van der Waals surface area (Å²) < 4.78 is 35.4. The number of piperazine rings is 1. The van der Waals surface area contributed by atoms with Gasteiger partial charge in [-0.05, 0) is 25.1 Å². The molecule has 3 aromatic heterocycles. The minimum absolute atomic E-state index is 0.213. The average molecular weight is 390 g/mol. The third-order valence-electron chi connectivity index (χ3n) is 4.62. The molecule has 0 N–H and O–H groups in total. The first-order valence-corrected chi connectivity index (χ1v) is 10.2. The van der Waals surface area contributed by atoms with Crippen LogP contribution in [-0.2, 0) is 10.0 Å². The Hall–Kier alpha value is -2.72. The Morgan fingerprint density at radius 3 is 2.59 bits per heavy atom. The summed E-state index contributed by atoms with van der Waals surface area (Å²) >= 11 is 0. The molecule has 142 valence electrons. The van der Waals surface area contributed by atoms with Gasteiger partial charge in [0.15, 0.2) is 5.76 Å². The molecule has 9 nitrogen and oxygen atoms in total. The van der Waals surface area contributed by atoms with Gasteiger partial charge >= 0.3 is 0 Å². The third-order valence-corrected chi connectivity index (χ3v) is 5.92. The van der Waals surface area contributed by atoms with Crippen molar-refractivity contribution in [2.24, 2.45) is 0 Å². The number of aromatic nitrogens is 2. The van der Waals surface area contributed by atoms with Crippen molar-refractivity contribution >= 4 is 27.0 Å². The van der Waals surface area contributed by atoms with Gasteiger partial charge in [-0.3, -0.25) is 4.79 Å². The SMILES string of the molecule is Cc1noc2nc(-c3ccco3)cc(C(=O)N3CCN(S(C)(=O)=O)CC3)c12. The van der Waals surface area contributed by atoms with Crippen molar-refractivity contribution in [3.8, 4) is 11.5 Å². The first-order chi connectivity index (χ1) is 12.8. The average Bonchev–Trinajstić information content (AvgIpc) is 3.30. The number of sulfonamides is 1. The van der Waals surface area contributed by atoms with E-state index in [1.54, 1.807) is 30.0 Å². The third kappa shape index (κ3) is 3.21. The summed E-state index contributed by atoms with van der Waals surface area (Å²) in [6.07, 6.45) is 2.70. The highest BCUT2D eigenvalue weighted by Crippen LogP contribution is 2.28. The monoisotopic (exact) mass is 390 g/mol. The zero-order valence-electron chi connectivity index (χ0n) is 14.9. The standard InChI is InChI=1S/C17H18N4O5S/c1-11-15-12(17(22)20-5-7-21(8-6-20)27(2,23)24)10-13(14-4-3-9-25-14)18-16(15)26-19-11/h3-4,9-10H,5-8H2,1-2H3. The quantitative estimate of drug-likeness (QED) is 0.667. The minimum Gasteiger partial charge on any atom is -0.463 e. The molecule has 0 bridgehead atoms. The molecule has 0 aromatic carbocycles. The number of rotatable bonds is 3.